The van der Waals surface area contributed by atoms with Crippen molar-refractivity contribution in [3.8, 4) is 5.82 Å². The fourth-order valence-corrected chi connectivity index (χ4v) is 1.67. The molecule has 0 unspecified atom stereocenters. The van der Waals surface area contributed by atoms with Gasteiger partial charge in [0.1, 0.15) is 12.7 Å². The summed E-state index contributed by atoms with van der Waals surface area (Å²) in [6, 6.07) is 6.93. The first kappa shape index (κ1) is 12.9. The number of nitrogens with one attached hydrogen (secondary N) is 1. The third kappa shape index (κ3) is 3.06. The first-order valence-corrected chi connectivity index (χ1v) is 6.19. The summed E-state index contributed by atoms with van der Waals surface area (Å²) in [5.41, 5.74) is 1.15. The van der Waals surface area contributed by atoms with Crippen LogP contribution in [0.15, 0.2) is 49.3 Å². The molecule has 104 valence electrons. The summed E-state index contributed by atoms with van der Waals surface area (Å²) in [5.74, 6) is 0.202. The van der Waals surface area contributed by atoms with Gasteiger partial charge in [-0.15, -0.1) is 10.2 Å². The van der Waals surface area contributed by atoms with Crippen LogP contribution in [-0.4, -0.2) is 35.9 Å². The number of amides is 1. The minimum Gasteiger partial charge on any atom is -0.347 e. The molecule has 0 spiro atoms. The minimum atomic E-state index is -0.295. The van der Waals surface area contributed by atoms with Crippen molar-refractivity contribution in [3.63, 3.8) is 0 Å². The minimum absolute atomic E-state index is 0.239. The maximum atomic E-state index is 11.9. The van der Waals surface area contributed by atoms with Gasteiger partial charge in [-0.25, -0.2) is 9.67 Å². The highest BCUT2D eigenvalue weighted by atomic mass is 16.1. The van der Waals surface area contributed by atoms with E-state index in [-0.39, 0.29) is 11.6 Å². The Labute approximate surface area is 119 Å². The fourth-order valence-electron chi connectivity index (χ4n) is 1.67. The molecule has 0 atom stereocenters. The molecule has 3 rings (SSSR count). The highest BCUT2D eigenvalue weighted by Gasteiger charge is 2.08. The van der Waals surface area contributed by atoms with Gasteiger partial charge in [0.25, 0.3) is 5.91 Å². The van der Waals surface area contributed by atoms with Gasteiger partial charge in [-0.3, -0.25) is 9.78 Å². The van der Waals surface area contributed by atoms with Crippen molar-refractivity contribution < 1.29 is 4.79 Å². The molecule has 0 radical (unpaired) electrons. The molecule has 3 aromatic heterocycles. The lowest BCUT2D eigenvalue weighted by molar-refractivity contribution is 0.0945. The van der Waals surface area contributed by atoms with Crippen LogP contribution in [0.3, 0.4) is 0 Å². The van der Waals surface area contributed by atoms with Gasteiger partial charge >= 0.3 is 0 Å². The number of hydrogen-bond donors (Lipinski definition) is 1. The van der Waals surface area contributed by atoms with Gasteiger partial charge in [0, 0.05) is 18.9 Å². The van der Waals surface area contributed by atoms with Crippen molar-refractivity contribution in [2.75, 3.05) is 0 Å². The molecule has 1 amide bonds. The Bertz CT molecular complexity index is 710. The Balaban J connectivity index is 1.65. The summed E-state index contributed by atoms with van der Waals surface area (Å²) in [4.78, 5) is 19.7. The molecule has 21 heavy (non-hydrogen) atoms. The predicted octanol–water partition coefficient (Wildman–Crippen LogP) is 0.382. The first-order chi connectivity index (χ1) is 10.3. The first-order valence-electron chi connectivity index (χ1n) is 6.19. The highest BCUT2D eigenvalue weighted by molar-refractivity contribution is 5.92. The molecule has 1 N–H and O–H groups in total. The Morgan fingerprint density at radius 3 is 2.81 bits per heavy atom. The quantitative estimate of drug-likeness (QED) is 0.742. The lowest BCUT2D eigenvalue weighted by Gasteiger charge is -2.04. The molecular formula is C13H11N7O. The average molecular weight is 281 g/mol. The van der Waals surface area contributed by atoms with Gasteiger partial charge in [-0.05, 0) is 23.8 Å². The van der Waals surface area contributed by atoms with Crippen molar-refractivity contribution in [3.05, 3.63) is 60.6 Å². The van der Waals surface area contributed by atoms with Gasteiger partial charge < -0.3 is 5.32 Å². The molecule has 0 saturated carbocycles. The number of nitrogens with zero attached hydrogens (tertiary/aromatic N) is 6. The molecule has 8 heteroatoms. The molecule has 0 fully saturated rings. The van der Waals surface area contributed by atoms with Crippen LogP contribution in [0.5, 0.6) is 0 Å². The normalized spacial score (nSPS) is 10.3. The highest BCUT2D eigenvalue weighted by Crippen LogP contribution is 2.02. The zero-order valence-electron chi connectivity index (χ0n) is 10.9. The zero-order valence-corrected chi connectivity index (χ0v) is 10.9. The van der Waals surface area contributed by atoms with E-state index in [4.69, 9.17) is 0 Å². The third-order valence-corrected chi connectivity index (χ3v) is 2.71. The largest absolute Gasteiger partial charge is 0.347 e. The maximum absolute atomic E-state index is 11.9. The molecule has 3 heterocycles. The number of hydrogen-bond acceptors (Lipinski definition) is 6. The van der Waals surface area contributed by atoms with Gasteiger partial charge in [-0.1, -0.05) is 6.07 Å². The summed E-state index contributed by atoms with van der Waals surface area (Å²) >= 11 is 0. The van der Waals surface area contributed by atoms with Gasteiger partial charge in [0.15, 0.2) is 11.5 Å². The fraction of sp³-hybridized carbons (Fsp3) is 0.0769. The maximum Gasteiger partial charge on any atom is 0.272 e. The number of carbonyl (C=O) groups is 1. The van der Waals surface area contributed by atoms with E-state index in [0.29, 0.717) is 12.4 Å². The monoisotopic (exact) mass is 281 g/mol. The van der Waals surface area contributed by atoms with Crippen LogP contribution in [0.2, 0.25) is 0 Å². The van der Waals surface area contributed by atoms with E-state index in [1.807, 2.05) is 12.1 Å². The zero-order chi connectivity index (χ0) is 14.5. The van der Waals surface area contributed by atoms with Gasteiger partial charge in [0.2, 0.25) is 0 Å². The average Bonchev–Trinajstić information content (AvgIpc) is 3.08. The van der Waals surface area contributed by atoms with Crippen LogP contribution in [0.1, 0.15) is 16.1 Å². The molecule has 0 aliphatic carbocycles. The van der Waals surface area contributed by atoms with E-state index >= 15 is 0 Å². The second-order valence-electron chi connectivity index (χ2n) is 4.16. The molecule has 8 nitrogen and oxygen atoms in total. The number of aromatic nitrogens is 6. The second-order valence-corrected chi connectivity index (χ2v) is 4.16. The molecule has 3 aromatic rings. The molecule has 0 aromatic carbocycles. The molecule has 0 aliphatic heterocycles. The van der Waals surface area contributed by atoms with E-state index in [2.05, 4.69) is 30.6 Å². The summed E-state index contributed by atoms with van der Waals surface area (Å²) in [7, 11) is 0. The second kappa shape index (κ2) is 5.87. The summed E-state index contributed by atoms with van der Waals surface area (Å²) in [5, 5.41) is 14.5. The van der Waals surface area contributed by atoms with Crippen LogP contribution in [0.4, 0.5) is 0 Å². The Morgan fingerprint density at radius 1 is 1.19 bits per heavy atom. The Hall–Kier alpha value is -3.16. The summed E-state index contributed by atoms with van der Waals surface area (Å²) in [6.45, 7) is 0.388. The molecule has 0 aliphatic rings. The SMILES string of the molecule is O=C(NCc1cccnc1)c1ccc(-n2cncn2)nn1. The lowest BCUT2D eigenvalue weighted by Crippen LogP contribution is -2.24. The van der Waals surface area contributed by atoms with E-state index in [0.717, 1.165) is 5.56 Å². The molecular weight excluding hydrogens is 270 g/mol. The van der Waals surface area contributed by atoms with Crippen molar-refractivity contribution in [2.24, 2.45) is 0 Å². The van der Waals surface area contributed by atoms with Gasteiger partial charge in [-0.2, -0.15) is 5.10 Å². The van der Waals surface area contributed by atoms with Crippen LogP contribution in [-0.2, 0) is 6.54 Å². The van der Waals surface area contributed by atoms with Crippen molar-refractivity contribution in [1.29, 1.82) is 0 Å². The number of carbonyl (C=O) groups excluding carboxylic acids is 1. The smallest absolute Gasteiger partial charge is 0.272 e. The Morgan fingerprint density at radius 2 is 2.14 bits per heavy atom. The number of pyridine rings is 1. The van der Waals surface area contributed by atoms with E-state index < -0.39 is 0 Å². The van der Waals surface area contributed by atoms with E-state index in [1.54, 1.807) is 24.5 Å². The van der Waals surface area contributed by atoms with Gasteiger partial charge in [0.05, 0.1) is 0 Å². The molecule has 0 saturated heterocycles. The third-order valence-electron chi connectivity index (χ3n) is 2.71. The van der Waals surface area contributed by atoms with E-state index in [1.165, 1.54) is 17.3 Å². The topological polar surface area (TPSA) is 98.5 Å². The summed E-state index contributed by atoms with van der Waals surface area (Å²) in [6.07, 6.45) is 6.28. The van der Waals surface area contributed by atoms with E-state index in [9.17, 15) is 4.79 Å². The predicted molar refractivity (Wildman–Crippen MR) is 72.4 cm³/mol. The summed E-state index contributed by atoms with van der Waals surface area (Å²) < 4.78 is 1.46. The van der Waals surface area contributed by atoms with Crippen LogP contribution in [0.25, 0.3) is 5.82 Å². The van der Waals surface area contributed by atoms with Crippen molar-refractivity contribution in [1.82, 2.24) is 35.3 Å². The van der Waals surface area contributed by atoms with Crippen LogP contribution >= 0.6 is 0 Å². The number of rotatable bonds is 4. The van der Waals surface area contributed by atoms with Crippen LogP contribution in [0, 0.1) is 0 Å². The van der Waals surface area contributed by atoms with Crippen molar-refractivity contribution >= 4 is 5.91 Å². The molecule has 0 bridgehead atoms. The standard InChI is InChI=1S/C13H11N7O/c21-13(16-7-10-2-1-5-14-6-10)11-3-4-12(19-18-11)20-9-15-8-17-20/h1-6,8-9H,7H2,(H,16,21). The van der Waals surface area contributed by atoms with Crippen molar-refractivity contribution in [2.45, 2.75) is 6.54 Å². The lowest BCUT2D eigenvalue weighted by atomic mass is 10.3. The Kier molecular flexibility index (Phi) is 3.59. The van der Waals surface area contributed by atoms with Crippen LogP contribution < -0.4 is 5.32 Å².